The van der Waals surface area contributed by atoms with Crippen LogP contribution in [-0.4, -0.2) is 22.0 Å². The average molecular weight is 278 g/mol. The lowest BCUT2D eigenvalue weighted by atomic mass is 10.1. The fourth-order valence-electron chi connectivity index (χ4n) is 1.89. The fourth-order valence-corrected chi connectivity index (χ4v) is 2.01. The van der Waals surface area contributed by atoms with E-state index in [0.29, 0.717) is 16.7 Å². The van der Waals surface area contributed by atoms with Crippen molar-refractivity contribution in [3.8, 4) is 0 Å². The van der Waals surface area contributed by atoms with Gasteiger partial charge in [0.2, 0.25) is 0 Å². The second kappa shape index (κ2) is 4.97. The highest BCUT2D eigenvalue weighted by molar-refractivity contribution is 6.67. The smallest absolute Gasteiger partial charge is 0.257 e. The van der Waals surface area contributed by atoms with Crippen molar-refractivity contribution in [1.29, 1.82) is 0 Å². The minimum Gasteiger partial charge on any atom is -0.276 e. The van der Waals surface area contributed by atoms with Crippen LogP contribution in [0.25, 0.3) is 0 Å². The Morgan fingerprint density at radius 3 is 1.95 bits per heavy atom. The molecule has 0 saturated carbocycles. The first-order valence-electron chi connectivity index (χ1n) is 5.74. The molecule has 1 aromatic carbocycles. The Balaban J connectivity index is 2.17. The molecule has 0 spiro atoms. The van der Waals surface area contributed by atoms with Crippen molar-refractivity contribution in [1.82, 2.24) is 4.90 Å². The molecular weight excluding hydrogens is 266 g/mol. The van der Waals surface area contributed by atoms with E-state index in [4.69, 9.17) is 11.6 Å². The van der Waals surface area contributed by atoms with Gasteiger partial charge in [0.15, 0.2) is 0 Å². The molecule has 98 valence electrons. The number of rotatable bonds is 3. The molecule has 0 fully saturated rings. The maximum absolute atomic E-state index is 11.9. The predicted octanol–water partition coefficient (Wildman–Crippen LogP) is 2.27. The molecule has 2 rings (SSSR count). The van der Waals surface area contributed by atoms with Gasteiger partial charge < -0.3 is 0 Å². The normalized spacial score (nSPS) is 15.4. The van der Waals surface area contributed by atoms with Crippen LogP contribution in [0, 0.1) is 0 Å². The number of hydrogen-bond donors (Lipinski definition) is 0. The van der Waals surface area contributed by atoms with Crippen molar-refractivity contribution in [2.24, 2.45) is 0 Å². The molecule has 0 aromatic heterocycles. The standard InChI is InChI=1S/C14H12ClNO3/c1-8-9(2)14(19)16(13(8)18)7-10-3-5-11(6-4-10)12(15)17/h3-6H,7H2,1-2H3. The number of hydrogen-bond acceptors (Lipinski definition) is 3. The Hall–Kier alpha value is -1.94. The minimum absolute atomic E-state index is 0.198. The molecule has 4 nitrogen and oxygen atoms in total. The molecule has 0 aliphatic carbocycles. The van der Waals surface area contributed by atoms with Gasteiger partial charge in [-0.3, -0.25) is 19.3 Å². The molecule has 0 bridgehead atoms. The van der Waals surface area contributed by atoms with Gasteiger partial charge in [0.05, 0.1) is 6.54 Å². The summed E-state index contributed by atoms with van der Waals surface area (Å²) in [6.45, 7) is 3.48. The van der Waals surface area contributed by atoms with Gasteiger partial charge in [-0.25, -0.2) is 0 Å². The maximum atomic E-state index is 11.9. The summed E-state index contributed by atoms with van der Waals surface area (Å²) in [7, 11) is 0. The van der Waals surface area contributed by atoms with E-state index < -0.39 is 5.24 Å². The van der Waals surface area contributed by atoms with E-state index in [0.717, 1.165) is 5.56 Å². The molecule has 0 atom stereocenters. The van der Waals surface area contributed by atoms with E-state index in [1.807, 2.05) is 0 Å². The molecule has 1 heterocycles. The molecule has 0 N–H and O–H groups in total. The second-order valence-corrected chi connectivity index (χ2v) is 4.76. The Morgan fingerprint density at radius 2 is 1.53 bits per heavy atom. The van der Waals surface area contributed by atoms with E-state index in [1.54, 1.807) is 38.1 Å². The third-order valence-electron chi connectivity index (χ3n) is 3.22. The van der Waals surface area contributed by atoms with Crippen LogP contribution in [0.4, 0.5) is 0 Å². The Kier molecular flexibility index (Phi) is 3.53. The molecule has 2 amide bonds. The number of amides is 2. The summed E-state index contributed by atoms with van der Waals surface area (Å²) in [6, 6.07) is 6.50. The highest BCUT2D eigenvalue weighted by atomic mass is 35.5. The van der Waals surface area contributed by atoms with E-state index in [9.17, 15) is 14.4 Å². The summed E-state index contributed by atoms with van der Waals surface area (Å²) in [5.74, 6) is -0.528. The van der Waals surface area contributed by atoms with Gasteiger partial charge in [-0.15, -0.1) is 0 Å². The number of halogens is 1. The zero-order valence-corrected chi connectivity index (χ0v) is 11.3. The SMILES string of the molecule is CC1=C(C)C(=O)N(Cc2ccc(C(=O)Cl)cc2)C1=O. The molecule has 0 unspecified atom stereocenters. The number of benzene rings is 1. The third-order valence-corrected chi connectivity index (χ3v) is 3.43. The lowest BCUT2D eigenvalue weighted by Gasteiger charge is -2.14. The van der Waals surface area contributed by atoms with Crippen LogP contribution in [-0.2, 0) is 16.1 Å². The van der Waals surface area contributed by atoms with Gasteiger partial charge in [0, 0.05) is 16.7 Å². The first-order valence-corrected chi connectivity index (χ1v) is 6.12. The van der Waals surface area contributed by atoms with Gasteiger partial charge in [0.1, 0.15) is 0 Å². The zero-order chi connectivity index (χ0) is 14.2. The van der Waals surface area contributed by atoms with Gasteiger partial charge in [-0.1, -0.05) is 12.1 Å². The third kappa shape index (κ3) is 2.44. The van der Waals surface area contributed by atoms with Crippen LogP contribution in [0.2, 0.25) is 0 Å². The van der Waals surface area contributed by atoms with Crippen LogP contribution >= 0.6 is 11.6 Å². The number of carbonyl (C=O) groups excluding carboxylic acids is 3. The summed E-state index contributed by atoms with van der Waals surface area (Å²) in [6.07, 6.45) is 0. The Labute approximate surface area is 115 Å². The summed E-state index contributed by atoms with van der Waals surface area (Å²) in [5, 5.41) is -0.534. The van der Waals surface area contributed by atoms with Crippen LogP contribution in [0.3, 0.4) is 0 Å². The van der Waals surface area contributed by atoms with Crippen molar-refractivity contribution in [2.75, 3.05) is 0 Å². The van der Waals surface area contributed by atoms with Crippen LogP contribution in [0.1, 0.15) is 29.8 Å². The fraction of sp³-hybridized carbons (Fsp3) is 0.214. The molecule has 1 aliphatic heterocycles. The lowest BCUT2D eigenvalue weighted by molar-refractivity contribution is -0.138. The Bertz CT molecular complexity index is 578. The molecule has 1 aromatic rings. The largest absolute Gasteiger partial charge is 0.276 e. The zero-order valence-electron chi connectivity index (χ0n) is 10.6. The summed E-state index contributed by atoms with van der Waals surface area (Å²) < 4.78 is 0. The van der Waals surface area contributed by atoms with Gasteiger partial charge in [-0.2, -0.15) is 0 Å². The first-order chi connectivity index (χ1) is 8.91. The van der Waals surface area contributed by atoms with Crippen molar-refractivity contribution >= 4 is 28.7 Å². The van der Waals surface area contributed by atoms with Gasteiger partial charge in [-0.05, 0) is 43.1 Å². The Morgan fingerprint density at radius 1 is 1.05 bits per heavy atom. The highest BCUT2D eigenvalue weighted by Crippen LogP contribution is 2.22. The van der Waals surface area contributed by atoms with E-state index in [-0.39, 0.29) is 18.4 Å². The molecular formula is C14H12ClNO3. The minimum atomic E-state index is -0.534. The number of nitrogens with zero attached hydrogens (tertiary/aromatic N) is 1. The molecule has 0 saturated heterocycles. The van der Waals surface area contributed by atoms with Crippen molar-refractivity contribution in [2.45, 2.75) is 20.4 Å². The van der Waals surface area contributed by atoms with Crippen LogP contribution in [0.5, 0.6) is 0 Å². The molecule has 19 heavy (non-hydrogen) atoms. The quantitative estimate of drug-likeness (QED) is 0.629. The van der Waals surface area contributed by atoms with Crippen molar-refractivity contribution in [3.05, 3.63) is 46.5 Å². The van der Waals surface area contributed by atoms with Gasteiger partial charge in [0.25, 0.3) is 17.1 Å². The number of imide groups is 1. The lowest BCUT2D eigenvalue weighted by Crippen LogP contribution is -2.30. The molecule has 5 heteroatoms. The maximum Gasteiger partial charge on any atom is 0.257 e. The van der Waals surface area contributed by atoms with Crippen LogP contribution < -0.4 is 0 Å². The van der Waals surface area contributed by atoms with Crippen molar-refractivity contribution < 1.29 is 14.4 Å². The van der Waals surface area contributed by atoms with E-state index in [2.05, 4.69) is 0 Å². The monoisotopic (exact) mass is 277 g/mol. The average Bonchev–Trinajstić information content (AvgIpc) is 2.57. The topological polar surface area (TPSA) is 54.5 Å². The summed E-state index contributed by atoms with van der Waals surface area (Å²) in [4.78, 5) is 35.9. The summed E-state index contributed by atoms with van der Waals surface area (Å²) in [5.41, 5.74) is 2.12. The first kappa shape index (κ1) is 13.5. The van der Waals surface area contributed by atoms with Gasteiger partial charge >= 0.3 is 0 Å². The second-order valence-electron chi connectivity index (χ2n) is 4.42. The van der Waals surface area contributed by atoms with E-state index >= 15 is 0 Å². The number of carbonyl (C=O) groups is 3. The highest BCUT2D eigenvalue weighted by Gasteiger charge is 2.32. The molecule has 1 aliphatic rings. The predicted molar refractivity (Wildman–Crippen MR) is 70.6 cm³/mol. The van der Waals surface area contributed by atoms with E-state index in [1.165, 1.54) is 4.90 Å². The van der Waals surface area contributed by atoms with Crippen molar-refractivity contribution in [3.63, 3.8) is 0 Å². The van der Waals surface area contributed by atoms with Crippen LogP contribution in [0.15, 0.2) is 35.4 Å². The molecule has 0 radical (unpaired) electrons. The summed E-state index contributed by atoms with van der Waals surface area (Å²) >= 11 is 5.35.